The summed E-state index contributed by atoms with van der Waals surface area (Å²) in [6, 6.07) is 59.4. The minimum Gasteiger partial charge on any atom is -0.331 e. The van der Waals surface area contributed by atoms with E-state index < -0.39 is 0 Å². The van der Waals surface area contributed by atoms with Crippen molar-refractivity contribution in [3.63, 3.8) is 0 Å². The minimum absolute atomic E-state index is 0.636. The second-order valence-electron chi connectivity index (χ2n) is 16.9. The number of hydrogen-bond donors (Lipinski definition) is 1. The van der Waals surface area contributed by atoms with Crippen molar-refractivity contribution in [1.29, 1.82) is 0 Å². The van der Waals surface area contributed by atoms with Gasteiger partial charge in [0.25, 0.3) is 0 Å². The summed E-state index contributed by atoms with van der Waals surface area (Å²) in [4.78, 5) is 38.4. The number of nitrogens with zero attached hydrogens (tertiary/aromatic N) is 10. The van der Waals surface area contributed by atoms with Crippen LogP contribution in [-0.2, 0) is 0 Å². The maximum absolute atomic E-state index is 5.37. The molecule has 5 aromatic heterocycles. The van der Waals surface area contributed by atoms with Crippen LogP contribution in [0, 0.1) is 27.7 Å². The van der Waals surface area contributed by atoms with Crippen LogP contribution in [-0.4, -0.2) is 55.6 Å². The number of para-hydroxylation sites is 4. The Morgan fingerprint density at radius 3 is 1.16 bits per heavy atom. The number of aromatic nitrogens is 10. The number of rotatable bonds is 7. The molecule has 0 aliphatic carbocycles. The van der Waals surface area contributed by atoms with Crippen molar-refractivity contribution in [2.45, 2.75) is 34.6 Å². The van der Waals surface area contributed by atoms with Crippen LogP contribution in [0.3, 0.4) is 0 Å². The molecule has 0 atom stereocenters. The topological polar surface area (TPSA) is 139 Å². The molecule has 12 aromatic rings. The summed E-state index contributed by atoms with van der Waals surface area (Å²) in [5, 5.41) is 4.47. The zero-order valence-electron chi connectivity index (χ0n) is 38.9. The van der Waals surface area contributed by atoms with Crippen molar-refractivity contribution in [1.82, 2.24) is 49.0 Å². The highest BCUT2D eigenvalue weighted by Crippen LogP contribution is 2.41. The van der Waals surface area contributed by atoms with E-state index in [1.165, 1.54) is 0 Å². The fourth-order valence-corrected chi connectivity index (χ4v) is 9.44. The van der Waals surface area contributed by atoms with Crippen molar-refractivity contribution < 1.29 is 0 Å². The van der Waals surface area contributed by atoms with Crippen molar-refractivity contribution in [3.8, 4) is 68.1 Å². The quantitative estimate of drug-likeness (QED) is 0.166. The number of fused-ring (bicyclic) bond motifs is 6. The molecule has 5 heterocycles. The van der Waals surface area contributed by atoms with Crippen LogP contribution >= 0.6 is 0 Å². The Morgan fingerprint density at radius 2 is 0.710 bits per heavy atom. The third kappa shape index (κ3) is 7.84. The molecule has 0 amide bonds. The Labute approximate surface area is 399 Å². The van der Waals surface area contributed by atoms with E-state index in [1.807, 2.05) is 52.8 Å². The van der Waals surface area contributed by atoms with E-state index in [9.17, 15) is 0 Å². The maximum Gasteiger partial charge on any atom is 0.163 e. The van der Waals surface area contributed by atoms with Crippen LogP contribution < -0.4 is 5.73 Å². The van der Waals surface area contributed by atoms with Crippen LogP contribution in [0.25, 0.3) is 112 Å². The second-order valence-corrected chi connectivity index (χ2v) is 16.9. The predicted octanol–water partition coefficient (Wildman–Crippen LogP) is 12.6. The standard InChI is InChI=1S/C56H40N10.C2H7N/c1-33-57-34(2)60-55(59-33)38-26-28-52-44(30-38)40-18-8-12-22-48(40)65(52)50-24-14-10-20-42(50)46-32-47(64-54(63-46)37-16-6-5-7-17-37)43-21-11-15-25-51(43)66-49-23-13-9-19-41(49)45-31-39(27-29-53(45)66)56-61-35(3)58-36(4)62-56;1-2-3/h5-32H,1-4H3;2-3H2,1H3. The molecule has 11 heteroatoms. The van der Waals surface area contributed by atoms with Crippen LogP contribution in [0.15, 0.2) is 170 Å². The van der Waals surface area contributed by atoms with E-state index in [4.69, 9.17) is 35.6 Å². The van der Waals surface area contributed by atoms with Gasteiger partial charge in [-0.25, -0.2) is 39.9 Å². The van der Waals surface area contributed by atoms with Gasteiger partial charge in [0, 0.05) is 49.4 Å². The second kappa shape index (κ2) is 17.8. The summed E-state index contributed by atoms with van der Waals surface area (Å²) in [7, 11) is 0. The molecule has 7 aromatic carbocycles. The molecule has 12 rings (SSSR count). The molecule has 0 aliphatic rings. The lowest BCUT2D eigenvalue weighted by molar-refractivity contribution is 0.928. The molecule has 0 aliphatic heterocycles. The van der Waals surface area contributed by atoms with Gasteiger partial charge in [0.05, 0.1) is 44.8 Å². The van der Waals surface area contributed by atoms with Gasteiger partial charge in [0.2, 0.25) is 0 Å². The average molecular weight is 898 g/mol. The van der Waals surface area contributed by atoms with Crippen LogP contribution in [0.5, 0.6) is 0 Å². The first-order valence-electron chi connectivity index (χ1n) is 23.1. The molecule has 69 heavy (non-hydrogen) atoms. The summed E-state index contributed by atoms with van der Waals surface area (Å²) >= 11 is 0. The smallest absolute Gasteiger partial charge is 0.163 e. The fourth-order valence-electron chi connectivity index (χ4n) is 9.44. The first-order chi connectivity index (χ1) is 33.8. The highest BCUT2D eigenvalue weighted by Gasteiger charge is 2.22. The molecular weight excluding hydrogens is 851 g/mol. The van der Waals surface area contributed by atoms with E-state index in [2.05, 4.69) is 171 Å². The fraction of sp³-hybridized carbons (Fsp3) is 0.103. The van der Waals surface area contributed by atoms with Gasteiger partial charge in [-0.05, 0) is 101 Å². The molecule has 0 unspecified atom stereocenters. The highest BCUT2D eigenvalue weighted by molar-refractivity contribution is 6.12. The summed E-state index contributed by atoms with van der Waals surface area (Å²) in [5.41, 5.74) is 17.5. The van der Waals surface area contributed by atoms with Gasteiger partial charge in [-0.1, -0.05) is 110 Å². The van der Waals surface area contributed by atoms with Crippen LogP contribution in [0.4, 0.5) is 0 Å². The normalized spacial score (nSPS) is 11.4. The Hall–Kier alpha value is -8.80. The molecule has 0 fully saturated rings. The molecule has 0 radical (unpaired) electrons. The monoisotopic (exact) mass is 897 g/mol. The van der Waals surface area contributed by atoms with Gasteiger partial charge in [-0.2, -0.15) is 0 Å². The summed E-state index contributed by atoms with van der Waals surface area (Å²) in [6.07, 6.45) is 0. The molecule has 2 N–H and O–H groups in total. The lowest BCUT2D eigenvalue weighted by atomic mass is 10.0. The lowest BCUT2D eigenvalue weighted by Gasteiger charge is -2.17. The van der Waals surface area contributed by atoms with E-state index in [0.717, 1.165) is 101 Å². The Bertz CT molecular complexity index is 3640. The Morgan fingerprint density at radius 1 is 0.348 bits per heavy atom. The van der Waals surface area contributed by atoms with Gasteiger partial charge in [0.1, 0.15) is 23.3 Å². The lowest BCUT2D eigenvalue weighted by Crippen LogP contribution is -2.02. The minimum atomic E-state index is 0.636. The number of nitrogens with two attached hydrogens (primary N) is 1. The Kier molecular flexibility index (Phi) is 11.0. The van der Waals surface area contributed by atoms with Crippen LogP contribution in [0.1, 0.15) is 30.2 Å². The van der Waals surface area contributed by atoms with E-state index >= 15 is 0 Å². The largest absolute Gasteiger partial charge is 0.331 e. The maximum atomic E-state index is 5.37. The first kappa shape index (κ1) is 42.8. The van der Waals surface area contributed by atoms with Crippen molar-refractivity contribution in [2.24, 2.45) is 5.73 Å². The van der Waals surface area contributed by atoms with Gasteiger partial charge < -0.3 is 14.9 Å². The third-order valence-electron chi connectivity index (χ3n) is 12.2. The predicted molar refractivity (Wildman–Crippen MR) is 278 cm³/mol. The molecule has 334 valence electrons. The van der Waals surface area contributed by atoms with E-state index in [-0.39, 0.29) is 0 Å². The first-order valence-corrected chi connectivity index (χ1v) is 23.1. The molecule has 11 nitrogen and oxygen atoms in total. The van der Waals surface area contributed by atoms with Gasteiger partial charge in [-0.3, -0.25) is 0 Å². The van der Waals surface area contributed by atoms with Gasteiger partial charge >= 0.3 is 0 Å². The average Bonchev–Trinajstić information content (AvgIpc) is 3.88. The summed E-state index contributed by atoms with van der Waals surface area (Å²) < 4.78 is 4.69. The Balaban J connectivity index is 0.00000169. The highest BCUT2D eigenvalue weighted by atomic mass is 15.0. The SMILES string of the molecule is CCN.Cc1nc(C)nc(-c2ccc3c(c2)c2ccccc2n3-c2ccccc2-c2cc(-c3ccccc3-n3c4ccccc4c4cc(-c5nc(C)nc(C)n5)ccc43)nc(-c3ccccc3)n2)n1. The molecule has 0 spiro atoms. The molecular formula is C58H47N11. The third-order valence-corrected chi connectivity index (χ3v) is 12.2. The van der Waals surface area contributed by atoms with Gasteiger partial charge in [0.15, 0.2) is 17.5 Å². The van der Waals surface area contributed by atoms with E-state index in [0.29, 0.717) is 40.8 Å². The number of aryl methyl sites for hydroxylation is 4. The van der Waals surface area contributed by atoms with E-state index in [1.54, 1.807) is 0 Å². The number of hydrogen-bond acceptors (Lipinski definition) is 9. The zero-order valence-corrected chi connectivity index (χ0v) is 38.9. The molecule has 0 saturated carbocycles. The van der Waals surface area contributed by atoms with Crippen molar-refractivity contribution in [2.75, 3.05) is 6.54 Å². The van der Waals surface area contributed by atoms with Crippen LogP contribution in [0.2, 0.25) is 0 Å². The van der Waals surface area contributed by atoms with Crippen molar-refractivity contribution in [3.05, 3.63) is 193 Å². The summed E-state index contributed by atoms with van der Waals surface area (Å²) in [5.74, 6) is 4.75. The molecule has 0 bridgehead atoms. The zero-order chi connectivity index (χ0) is 47.2. The molecule has 0 saturated heterocycles. The summed E-state index contributed by atoms with van der Waals surface area (Å²) in [6.45, 7) is 10.3. The number of benzene rings is 7. The van der Waals surface area contributed by atoms with Gasteiger partial charge in [-0.15, -0.1) is 0 Å². The van der Waals surface area contributed by atoms with Crippen molar-refractivity contribution >= 4 is 43.6 Å².